The zero-order chi connectivity index (χ0) is 22.9. The highest BCUT2D eigenvalue weighted by atomic mass is 32.1. The Labute approximate surface area is 197 Å². The maximum Gasteiger partial charge on any atom is 0.311 e. The van der Waals surface area contributed by atoms with Crippen molar-refractivity contribution < 1.29 is 9.53 Å². The molecule has 0 aliphatic carbocycles. The second kappa shape index (κ2) is 11.1. The Hall–Kier alpha value is -3.90. The molecule has 0 amide bonds. The number of esters is 1. The van der Waals surface area contributed by atoms with Crippen LogP contribution in [0.5, 0.6) is 5.75 Å². The number of benzene rings is 3. The molecule has 1 heterocycles. The summed E-state index contributed by atoms with van der Waals surface area (Å²) in [4.78, 5) is 17.7. The smallest absolute Gasteiger partial charge is 0.311 e. The number of para-hydroxylation sites is 1. The molecular formula is C27H25N3O2S. The van der Waals surface area contributed by atoms with Crippen LogP contribution in [0.25, 0.3) is 0 Å². The number of aryl methyl sites for hydroxylation is 1. The van der Waals surface area contributed by atoms with Gasteiger partial charge in [0.25, 0.3) is 0 Å². The topological polar surface area (TPSA) is 76.7 Å². The van der Waals surface area contributed by atoms with Crippen LogP contribution >= 0.6 is 11.3 Å². The summed E-state index contributed by atoms with van der Waals surface area (Å²) in [7, 11) is 0. The number of ether oxygens (including phenoxy) is 1. The van der Waals surface area contributed by atoms with Crippen molar-refractivity contribution in [3.8, 4) is 5.75 Å². The molecule has 166 valence electrons. The molecule has 1 aromatic heterocycles. The summed E-state index contributed by atoms with van der Waals surface area (Å²) in [6.07, 6.45) is 1.84. The van der Waals surface area contributed by atoms with E-state index in [1.54, 1.807) is 17.4 Å². The van der Waals surface area contributed by atoms with Crippen LogP contribution in [0.1, 0.15) is 23.3 Å². The second-order valence-corrected chi connectivity index (χ2v) is 8.43. The van der Waals surface area contributed by atoms with E-state index in [-0.39, 0.29) is 5.97 Å². The molecule has 3 aromatic carbocycles. The standard InChI is InChI=1S/C27H25N3O2S/c28-27(25-12-6-18-33-25)30-22-16-14-20(15-17-22)7-4-13-26(31)32-24-11-5-10-23(19-24)29-21-8-2-1-3-9-21/h1-3,5-6,8-12,14-19,29H,4,7,13H2,(H2,28,30). The highest BCUT2D eigenvalue weighted by Gasteiger charge is 2.07. The van der Waals surface area contributed by atoms with Gasteiger partial charge in [0, 0.05) is 23.9 Å². The molecule has 0 saturated carbocycles. The normalized spacial score (nSPS) is 11.2. The number of carbonyl (C=O) groups is 1. The fourth-order valence-electron chi connectivity index (χ4n) is 3.30. The first-order chi connectivity index (χ1) is 16.2. The Balaban J connectivity index is 1.24. The molecule has 0 atom stereocenters. The molecule has 33 heavy (non-hydrogen) atoms. The maximum absolute atomic E-state index is 12.3. The number of rotatable bonds is 9. The SMILES string of the molecule is N/C(=N\c1ccc(CCCC(=O)Oc2cccc(Nc3ccccc3)c2)cc1)c1cccs1. The van der Waals surface area contributed by atoms with Crippen molar-refractivity contribution in [2.75, 3.05) is 5.32 Å². The highest BCUT2D eigenvalue weighted by Crippen LogP contribution is 2.22. The first kappa shape index (κ1) is 22.3. The highest BCUT2D eigenvalue weighted by molar-refractivity contribution is 7.12. The van der Waals surface area contributed by atoms with Crippen LogP contribution in [-0.2, 0) is 11.2 Å². The molecule has 0 radical (unpaired) electrons. The average Bonchev–Trinajstić information content (AvgIpc) is 3.36. The van der Waals surface area contributed by atoms with Crippen molar-refractivity contribution in [2.24, 2.45) is 10.7 Å². The number of aliphatic imine (C=N–C) groups is 1. The number of nitrogens with one attached hydrogen (secondary N) is 1. The lowest BCUT2D eigenvalue weighted by Crippen LogP contribution is -2.10. The summed E-state index contributed by atoms with van der Waals surface area (Å²) in [5, 5.41) is 5.27. The Morgan fingerprint density at radius 1 is 0.909 bits per heavy atom. The number of thiophene rings is 1. The summed E-state index contributed by atoms with van der Waals surface area (Å²) >= 11 is 1.57. The third kappa shape index (κ3) is 6.79. The Kier molecular flexibility index (Phi) is 7.51. The van der Waals surface area contributed by atoms with E-state index in [0.29, 0.717) is 24.4 Å². The van der Waals surface area contributed by atoms with Crippen molar-refractivity contribution in [1.29, 1.82) is 0 Å². The van der Waals surface area contributed by atoms with E-state index >= 15 is 0 Å². The number of anilines is 2. The fourth-order valence-corrected chi connectivity index (χ4v) is 3.93. The number of nitrogens with zero attached hydrogens (tertiary/aromatic N) is 1. The Morgan fingerprint density at radius 2 is 1.70 bits per heavy atom. The molecule has 3 N–H and O–H groups in total. The van der Waals surface area contributed by atoms with Crippen LogP contribution in [-0.4, -0.2) is 11.8 Å². The number of carbonyl (C=O) groups excluding carboxylic acids is 1. The van der Waals surface area contributed by atoms with Gasteiger partial charge in [-0.05, 0) is 66.2 Å². The molecule has 0 unspecified atom stereocenters. The lowest BCUT2D eigenvalue weighted by molar-refractivity contribution is -0.134. The maximum atomic E-state index is 12.3. The van der Waals surface area contributed by atoms with Crippen molar-refractivity contribution in [3.05, 3.63) is 107 Å². The molecule has 4 rings (SSSR count). The van der Waals surface area contributed by atoms with E-state index in [1.807, 2.05) is 90.3 Å². The molecule has 0 bridgehead atoms. The van der Waals surface area contributed by atoms with Gasteiger partial charge in [-0.3, -0.25) is 4.79 Å². The van der Waals surface area contributed by atoms with Crippen LogP contribution in [0.3, 0.4) is 0 Å². The third-order valence-electron chi connectivity index (χ3n) is 4.93. The molecule has 4 aromatic rings. The molecule has 6 heteroatoms. The Morgan fingerprint density at radius 3 is 2.45 bits per heavy atom. The largest absolute Gasteiger partial charge is 0.426 e. The molecule has 0 spiro atoms. The quantitative estimate of drug-likeness (QED) is 0.131. The minimum atomic E-state index is -0.239. The third-order valence-corrected chi connectivity index (χ3v) is 5.83. The number of hydrogen-bond donors (Lipinski definition) is 2. The van der Waals surface area contributed by atoms with Gasteiger partial charge in [-0.25, -0.2) is 4.99 Å². The summed E-state index contributed by atoms with van der Waals surface area (Å²) < 4.78 is 5.52. The molecular weight excluding hydrogens is 430 g/mol. The minimum absolute atomic E-state index is 0.239. The summed E-state index contributed by atoms with van der Waals surface area (Å²) in [6, 6.07) is 29.1. The van der Waals surface area contributed by atoms with E-state index in [4.69, 9.17) is 10.5 Å². The number of hydrogen-bond acceptors (Lipinski definition) is 5. The molecule has 5 nitrogen and oxygen atoms in total. The van der Waals surface area contributed by atoms with E-state index in [1.165, 1.54) is 0 Å². The molecule has 0 aliphatic heterocycles. The number of amidine groups is 1. The van der Waals surface area contributed by atoms with Crippen molar-refractivity contribution >= 4 is 40.2 Å². The van der Waals surface area contributed by atoms with Gasteiger partial charge in [-0.2, -0.15) is 0 Å². The minimum Gasteiger partial charge on any atom is -0.426 e. The van der Waals surface area contributed by atoms with E-state index < -0.39 is 0 Å². The fraction of sp³-hybridized carbons (Fsp3) is 0.111. The zero-order valence-electron chi connectivity index (χ0n) is 18.1. The van der Waals surface area contributed by atoms with E-state index in [9.17, 15) is 4.79 Å². The lowest BCUT2D eigenvalue weighted by Gasteiger charge is -2.09. The van der Waals surface area contributed by atoms with E-state index in [0.717, 1.165) is 33.9 Å². The zero-order valence-corrected chi connectivity index (χ0v) is 18.9. The summed E-state index contributed by atoms with van der Waals surface area (Å²) in [5.74, 6) is 0.812. The lowest BCUT2D eigenvalue weighted by atomic mass is 10.1. The van der Waals surface area contributed by atoms with Gasteiger partial charge in [0.2, 0.25) is 0 Å². The first-order valence-electron chi connectivity index (χ1n) is 10.8. The van der Waals surface area contributed by atoms with Crippen molar-refractivity contribution in [3.63, 3.8) is 0 Å². The van der Waals surface area contributed by atoms with Crippen molar-refractivity contribution in [1.82, 2.24) is 0 Å². The van der Waals surface area contributed by atoms with Crippen LogP contribution in [0, 0.1) is 0 Å². The van der Waals surface area contributed by atoms with Crippen LogP contribution < -0.4 is 15.8 Å². The average molecular weight is 456 g/mol. The van der Waals surface area contributed by atoms with E-state index in [2.05, 4.69) is 10.3 Å². The molecule has 0 aliphatic rings. The first-order valence-corrected chi connectivity index (χ1v) is 11.6. The molecule has 0 fully saturated rings. The summed E-state index contributed by atoms with van der Waals surface area (Å²) in [6.45, 7) is 0. The van der Waals surface area contributed by atoms with Crippen molar-refractivity contribution in [2.45, 2.75) is 19.3 Å². The Bertz CT molecular complexity index is 1200. The van der Waals surface area contributed by atoms with Gasteiger partial charge < -0.3 is 15.8 Å². The predicted molar refractivity (Wildman–Crippen MR) is 136 cm³/mol. The van der Waals surface area contributed by atoms with Crippen LogP contribution in [0.4, 0.5) is 17.1 Å². The summed E-state index contributed by atoms with van der Waals surface area (Å²) in [5.41, 5.74) is 9.84. The monoisotopic (exact) mass is 455 g/mol. The van der Waals surface area contributed by atoms with Gasteiger partial charge in [-0.15, -0.1) is 11.3 Å². The van der Waals surface area contributed by atoms with Crippen LogP contribution in [0.2, 0.25) is 0 Å². The second-order valence-electron chi connectivity index (χ2n) is 7.49. The van der Waals surface area contributed by atoms with Gasteiger partial charge in [0.05, 0.1) is 10.6 Å². The van der Waals surface area contributed by atoms with Gasteiger partial charge in [-0.1, -0.05) is 42.5 Å². The van der Waals surface area contributed by atoms with Gasteiger partial charge in [0.1, 0.15) is 11.6 Å². The van der Waals surface area contributed by atoms with Crippen LogP contribution in [0.15, 0.2) is 101 Å². The number of nitrogens with two attached hydrogens (primary N) is 1. The molecule has 0 saturated heterocycles. The predicted octanol–water partition coefficient (Wildman–Crippen LogP) is 6.46. The van der Waals surface area contributed by atoms with Gasteiger partial charge >= 0.3 is 5.97 Å². The van der Waals surface area contributed by atoms with Gasteiger partial charge in [0.15, 0.2) is 0 Å².